The number of fused-ring (bicyclic) bond motifs is 1. The van der Waals surface area contributed by atoms with E-state index in [1.807, 2.05) is 48.6 Å². The summed E-state index contributed by atoms with van der Waals surface area (Å²) in [5, 5.41) is 2.22. The van der Waals surface area contributed by atoms with Gasteiger partial charge in [-0.25, -0.2) is 8.78 Å². The molecule has 4 aromatic rings. The highest BCUT2D eigenvalue weighted by Crippen LogP contribution is 2.26. The van der Waals surface area contributed by atoms with Crippen molar-refractivity contribution >= 4 is 35.1 Å². The molecule has 4 rings (SSSR count). The van der Waals surface area contributed by atoms with Crippen LogP contribution in [0.2, 0.25) is 0 Å². The van der Waals surface area contributed by atoms with Crippen LogP contribution in [0.4, 0.5) is 8.78 Å². The summed E-state index contributed by atoms with van der Waals surface area (Å²) < 4.78 is 27.6. The summed E-state index contributed by atoms with van der Waals surface area (Å²) >= 11 is 0. The Kier molecular flexibility index (Phi) is 5.58. The van der Waals surface area contributed by atoms with Crippen LogP contribution in [0.3, 0.4) is 0 Å². The number of aryl methyl sites for hydroxylation is 2. The van der Waals surface area contributed by atoms with Gasteiger partial charge in [-0.15, -0.1) is 0 Å². The van der Waals surface area contributed by atoms with Gasteiger partial charge in [-0.3, -0.25) is 0 Å². The van der Waals surface area contributed by atoms with Crippen molar-refractivity contribution in [2.45, 2.75) is 13.8 Å². The van der Waals surface area contributed by atoms with Crippen LogP contribution < -0.4 is 0 Å². The molecule has 0 fully saturated rings. The normalized spacial score (nSPS) is 11.7. The molecule has 4 aromatic carbocycles. The zero-order chi connectivity index (χ0) is 21.1. The molecule has 2 heteroatoms. The maximum atomic E-state index is 13.8. The largest absolute Gasteiger partial charge is 0.207 e. The fourth-order valence-corrected chi connectivity index (χ4v) is 3.43. The van der Waals surface area contributed by atoms with Crippen LogP contribution in [0.5, 0.6) is 0 Å². The SMILES string of the molecule is Cc1ccc(/C=C/c2ccc(/C=C/c3ccc(C)c(F)c3)c3ccccc23)cc1F. The minimum Gasteiger partial charge on any atom is -0.207 e. The molecule has 148 valence electrons. The van der Waals surface area contributed by atoms with Crippen molar-refractivity contribution < 1.29 is 8.78 Å². The quantitative estimate of drug-likeness (QED) is 0.306. The van der Waals surface area contributed by atoms with Crippen molar-refractivity contribution in [3.8, 4) is 0 Å². The van der Waals surface area contributed by atoms with E-state index >= 15 is 0 Å². The van der Waals surface area contributed by atoms with E-state index in [4.69, 9.17) is 0 Å². The standard InChI is InChI=1S/C28H22F2/c1-19-7-9-21(17-27(19)29)11-13-23-15-16-24(26-6-4-3-5-25(23)26)14-12-22-10-8-20(2)28(30)18-22/h3-18H,1-2H3/b13-11+,14-12+. The van der Waals surface area contributed by atoms with Gasteiger partial charge in [0.1, 0.15) is 11.6 Å². The molecule has 0 heterocycles. The van der Waals surface area contributed by atoms with E-state index < -0.39 is 0 Å². The third kappa shape index (κ3) is 4.23. The Bertz CT molecular complexity index is 1180. The Morgan fingerprint density at radius 1 is 0.533 bits per heavy atom. The number of hydrogen-bond acceptors (Lipinski definition) is 0. The average Bonchev–Trinajstić information content (AvgIpc) is 2.75. The summed E-state index contributed by atoms with van der Waals surface area (Å²) in [4.78, 5) is 0. The summed E-state index contributed by atoms with van der Waals surface area (Å²) in [7, 11) is 0. The number of halogens is 2. The van der Waals surface area contributed by atoms with Gasteiger partial charge < -0.3 is 0 Å². The van der Waals surface area contributed by atoms with Crippen LogP contribution in [0.25, 0.3) is 35.1 Å². The molecule has 0 amide bonds. The van der Waals surface area contributed by atoms with Gasteiger partial charge in [0.15, 0.2) is 0 Å². The highest BCUT2D eigenvalue weighted by molar-refractivity contribution is 5.99. The summed E-state index contributed by atoms with van der Waals surface area (Å²) in [5.41, 5.74) is 5.06. The molecule has 0 aliphatic heterocycles. The van der Waals surface area contributed by atoms with Gasteiger partial charge in [-0.05, 0) is 70.1 Å². The Morgan fingerprint density at radius 3 is 1.37 bits per heavy atom. The summed E-state index contributed by atoms with van der Waals surface area (Å²) in [5.74, 6) is -0.398. The van der Waals surface area contributed by atoms with Crippen LogP contribution in [-0.4, -0.2) is 0 Å². The van der Waals surface area contributed by atoms with Crippen molar-refractivity contribution in [2.75, 3.05) is 0 Å². The van der Waals surface area contributed by atoms with Gasteiger partial charge in [0.25, 0.3) is 0 Å². The molecule has 0 aromatic heterocycles. The molecular formula is C28H22F2. The molecular weight excluding hydrogens is 374 g/mol. The second kappa shape index (κ2) is 8.46. The van der Waals surface area contributed by atoms with E-state index in [-0.39, 0.29) is 11.6 Å². The van der Waals surface area contributed by atoms with E-state index in [1.54, 1.807) is 38.1 Å². The summed E-state index contributed by atoms with van der Waals surface area (Å²) in [6.07, 6.45) is 7.87. The van der Waals surface area contributed by atoms with Crippen molar-refractivity contribution in [3.05, 3.63) is 118 Å². The molecule has 30 heavy (non-hydrogen) atoms. The van der Waals surface area contributed by atoms with Gasteiger partial charge in [0.2, 0.25) is 0 Å². The van der Waals surface area contributed by atoms with Gasteiger partial charge in [0.05, 0.1) is 0 Å². The number of rotatable bonds is 4. The molecule has 0 saturated heterocycles. The predicted octanol–water partition coefficient (Wildman–Crippen LogP) is 8.08. The van der Waals surface area contributed by atoms with Crippen molar-refractivity contribution in [2.24, 2.45) is 0 Å². The Balaban J connectivity index is 1.69. The highest BCUT2D eigenvalue weighted by Gasteiger charge is 2.03. The first-order valence-electron chi connectivity index (χ1n) is 9.91. The molecule has 0 unspecified atom stereocenters. The lowest BCUT2D eigenvalue weighted by atomic mass is 9.98. The van der Waals surface area contributed by atoms with Crippen LogP contribution in [0.1, 0.15) is 33.4 Å². The Hall–Kier alpha value is -3.52. The fraction of sp³-hybridized carbons (Fsp3) is 0.0714. The second-order valence-electron chi connectivity index (χ2n) is 7.47. The summed E-state index contributed by atoms with van der Waals surface area (Å²) in [6, 6.07) is 22.8. The smallest absolute Gasteiger partial charge is 0.126 e. The monoisotopic (exact) mass is 396 g/mol. The first-order valence-corrected chi connectivity index (χ1v) is 9.91. The Morgan fingerprint density at radius 2 is 0.967 bits per heavy atom. The maximum Gasteiger partial charge on any atom is 0.126 e. The van der Waals surface area contributed by atoms with Gasteiger partial charge in [0, 0.05) is 0 Å². The third-order valence-electron chi connectivity index (χ3n) is 5.29. The second-order valence-corrected chi connectivity index (χ2v) is 7.47. The number of hydrogen-bond donors (Lipinski definition) is 0. The van der Waals surface area contributed by atoms with Crippen molar-refractivity contribution in [1.82, 2.24) is 0 Å². The van der Waals surface area contributed by atoms with Crippen LogP contribution in [0, 0.1) is 25.5 Å². The zero-order valence-corrected chi connectivity index (χ0v) is 17.0. The minimum absolute atomic E-state index is 0.199. The zero-order valence-electron chi connectivity index (χ0n) is 17.0. The lowest BCUT2D eigenvalue weighted by Crippen LogP contribution is -1.85. The lowest BCUT2D eigenvalue weighted by Gasteiger charge is -2.07. The molecule has 0 bridgehead atoms. The molecule has 0 atom stereocenters. The molecule has 0 saturated carbocycles. The third-order valence-corrected chi connectivity index (χ3v) is 5.29. The van der Waals surface area contributed by atoms with E-state index in [1.165, 1.54) is 0 Å². The van der Waals surface area contributed by atoms with Crippen molar-refractivity contribution in [3.63, 3.8) is 0 Å². The van der Waals surface area contributed by atoms with Crippen LogP contribution >= 0.6 is 0 Å². The molecule has 0 aliphatic carbocycles. The Labute approximate surface area is 175 Å². The van der Waals surface area contributed by atoms with E-state index in [0.29, 0.717) is 11.1 Å². The molecule has 0 aliphatic rings. The number of benzene rings is 4. The van der Waals surface area contributed by atoms with E-state index in [0.717, 1.165) is 33.0 Å². The fourth-order valence-electron chi connectivity index (χ4n) is 3.43. The lowest BCUT2D eigenvalue weighted by molar-refractivity contribution is 0.618. The van der Waals surface area contributed by atoms with Gasteiger partial charge in [-0.1, -0.05) is 85.0 Å². The summed E-state index contributed by atoms with van der Waals surface area (Å²) in [6.45, 7) is 3.52. The van der Waals surface area contributed by atoms with Crippen LogP contribution in [0.15, 0.2) is 72.8 Å². The molecule has 0 spiro atoms. The maximum absolute atomic E-state index is 13.8. The van der Waals surface area contributed by atoms with E-state index in [9.17, 15) is 8.78 Å². The first kappa shape index (κ1) is 19.8. The van der Waals surface area contributed by atoms with Gasteiger partial charge >= 0.3 is 0 Å². The topological polar surface area (TPSA) is 0 Å². The predicted molar refractivity (Wildman–Crippen MR) is 124 cm³/mol. The van der Waals surface area contributed by atoms with Crippen LogP contribution in [-0.2, 0) is 0 Å². The molecule has 0 radical (unpaired) electrons. The van der Waals surface area contributed by atoms with Crippen molar-refractivity contribution in [1.29, 1.82) is 0 Å². The first-order chi connectivity index (χ1) is 14.5. The van der Waals surface area contributed by atoms with Gasteiger partial charge in [-0.2, -0.15) is 0 Å². The van der Waals surface area contributed by atoms with E-state index in [2.05, 4.69) is 24.3 Å². The average molecular weight is 396 g/mol. The molecule has 0 nitrogen and oxygen atoms in total. The molecule has 0 N–H and O–H groups in total. The minimum atomic E-state index is -0.199. The highest BCUT2D eigenvalue weighted by atomic mass is 19.1.